The summed E-state index contributed by atoms with van der Waals surface area (Å²) >= 11 is 0. The maximum absolute atomic E-state index is 12.1. The summed E-state index contributed by atoms with van der Waals surface area (Å²) in [6.45, 7) is 0. The monoisotopic (exact) mass is 298 g/mol. The van der Waals surface area contributed by atoms with Gasteiger partial charge in [-0.25, -0.2) is 5.48 Å². The molecule has 3 N–H and O–H groups in total. The number of amides is 2. The van der Waals surface area contributed by atoms with E-state index >= 15 is 0 Å². The van der Waals surface area contributed by atoms with E-state index in [1.54, 1.807) is 11.5 Å². The van der Waals surface area contributed by atoms with Crippen LogP contribution in [0.2, 0.25) is 0 Å². The number of hydrogen-bond donors (Lipinski definition) is 3. The Hall–Kier alpha value is -2.86. The average Bonchev–Trinajstić information content (AvgIpc) is 2.55. The van der Waals surface area contributed by atoms with Crippen molar-refractivity contribution in [2.75, 3.05) is 5.32 Å². The average molecular weight is 298 g/mol. The lowest BCUT2D eigenvalue weighted by atomic mass is 10.1. The molecule has 6 nitrogen and oxygen atoms in total. The predicted molar refractivity (Wildman–Crippen MR) is 78.9 cm³/mol. The van der Waals surface area contributed by atoms with Gasteiger partial charge >= 0.3 is 0 Å². The lowest BCUT2D eigenvalue weighted by molar-refractivity contribution is -0.123. The third-order valence-electron chi connectivity index (χ3n) is 3.43. The van der Waals surface area contributed by atoms with Crippen LogP contribution in [0, 0.1) is 0 Å². The number of hydroxylamine groups is 1. The molecule has 0 saturated carbocycles. The number of carbonyl (C=O) groups is 2. The van der Waals surface area contributed by atoms with Crippen LogP contribution in [-0.2, 0) is 11.2 Å². The molecule has 112 valence electrons. The second kappa shape index (κ2) is 5.87. The number of rotatable bonds is 3. The van der Waals surface area contributed by atoms with Gasteiger partial charge in [0, 0.05) is 12.0 Å². The van der Waals surface area contributed by atoms with E-state index in [0.717, 1.165) is 5.56 Å². The van der Waals surface area contributed by atoms with Crippen LogP contribution in [0.1, 0.15) is 15.9 Å². The summed E-state index contributed by atoms with van der Waals surface area (Å²) in [4.78, 5) is 23.5. The van der Waals surface area contributed by atoms with Crippen LogP contribution in [0.15, 0.2) is 48.5 Å². The number of nitrogens with one attached hydrogen (secondary N) is 2. The van der Waals surface area contributed by atoms with Gasteiger partial charge in [-0.2, -0.15) is 0 Å². The van der Waals surface area contributed by atoms with E-state index in [-0.39, 0.29) is 11.5 Å². The minimum Gasteiger partial charge on any atom is -0.478 e. The number of anilines is 1. The topological polar surface area (TPSA) is 87.7 Å². The lowest BCUT2D eigenvalue weighted by Gasteiger charge is -2.26. The maximum atomic E-state index is 12.1. The summed E-state index contributed by atoms with van der Waals surface area (Å²) in [5.74, 6) is -0.420. The standard InChI is InChI=1S/C16H14N2O4/c19-15(18-21)11-6-7-13-12(9-11)17-16(20)14(22-13)8-10-4-2-1-3-5-10/h1-7,9,14,21H,8H2,(H,17,20)(H,18,19)/t14-/m0/s1. The van der Waals surface area contributed by atoms with E-state index in [4.69, 9.17) is 9.94 Å². The Bertz CT molecular complexity index is 715. The number of fused-ring (bicyclic) bond motifs is 1. The maximum Gasteiger partial charge on any atom is 0.274 e. The van der Waals surface area contributed by atoms with Gasteiger partial charge in [0.25, 0.3) is 11.8 Å². The molecule has 22 heavy (non-hydrogen) atoms. The van der Waals surface area contributed by atoms with Crippen molar-refractivity contribution in [1.29, 1.82) is 0 Å². The molecule has 1 aliphatic rings. The van der Waals surface area contributed by atoms with E-state index in [2.05, 4.69) is 5.32 Å². The van der Waals surface area contributed by atoms with Crippen LogP contribution in [0.4, 0.5) is 5.69 Å². The quantitative estimate of drug-likeness (QED) is 0.595. The molecule has 3 rings (SSSR count). The fourth-order valence-corrected chi connectivity index (χ4v) is 2.32. The molecule has 0 spiro atoms. The number of hydrogen-bond acceptors (Lipinski definition) is 4. The Morgan fingerprint density at radius 1 is 1.23 bits per heavy atom. The molecule has 6 heteroatoms. The Balaban J connectivity index is 1.81. The highest BCUT2D eigenvalue weighted by atomic mass is 16.5. The molecule has 2 aromatic rings. The number of benzene rings is 2. The number of carbonyl (C=O) groups excluding carboxylic acids is 2. The third kappa shape index (κ3) is 2.77. The molecule has 0 bridgehead atoms. The molecule has 0 saturated heterocycles. The summed E-state index contributed by atoms with van der Waals surface area (Å²) in [5, 5.41) is 11.4. The Labute approximate surface area is 126 Å². The summed E-state index contributed by atoms with van der Waals surface area (Å²) in [5.41, 5.74) is 3.19. The van der Waals surface area contributed by atoms with Crippen molar-refractivity contribution in [2.24, 2.45) is 0 Å². The van der Waals surface area contributed by atoms with Crippen molar-refractivity contribution < 1.29 is 19.5 Å². The van der Waals surface area contributed by atoms with Crippen molar-refractivity contribution in [3.05, 3.63) is 59.7 Å². The normalized spacial score (nSPS) is 16.2. The van der Waals surface area contributed by atoms with Crippen LogP contribution >= 0.6 is 0 Å². The van der Waals surface area contributed by atoms with E-state index in [0.29, 0.717) is 17.9 Å². The zero-order valence-electron chi connectivity index (χ0n) is 11.6. The van der Waals surface area contributed by atoms with Crippen LogP contribution in [0.5, 0.6) is 5.75 Å². The minimum atomic E-state index is -0.650. The molecule has 2 amide bonds. The second-order valence-corrected chi connectivity index (χ2v) is 4.94. The van der Waals surface area contributed by atoms with Gasteiger partial charge in [-0.1, -0.05) is 30.3 Å². The molecule has 1 heterocycles. The largest absolute Gasteiger partial charge is 0.478 e. The first-order valence-corrected chi connectivity index (χ1v) is 6.77. The van der Waals surface area contributed by atoms with E-state index in [1.165, 1.54) is 12.1 Å². The van der Waals surface area contributed by atoms with E-state index in [9.17, 15) is 9.59 Å². The Kier molecular flexibility index (Phi) is 3.76. The molecule has 2 aromatic carbocycles. The van der Waals surface area contributed by atoms with Gasteiger partial charge in [0.2, 0.25) is 0 Å². The Morgan fingerprint density at radius 2 is 2.00 bits per heavy atom. The molecule has 1 atom stereocenters. The van der Waals surface area contributed by atoms with Gasteiger partial charge in [-0.3, -0.25) is 14.8 Å². The van der Waals surface area contributed by atoms with Gasteiger partial charge in [-0.15, -0.1) is 0 Å². The van der Waals surface area contributed by atoms with Crippen LogP contribution in [0.3, 0.4) is 0 Å². The summed E-state index contributed by atoms with van der Waals surface area (Å²) < 4.78 is 5.71. The van der Waals surface area contributed by atoms with Gasteiger partial charge in [0.1, 0.15) is 5.75 Å². The molecule has 1 aliphatic heterocycles. The molecular formula is C16H14N2O4. The van der Waals surface area contributed by atoms with Crippen molar-refractivity contribution in [3.8, 4) is 5.75 Å². The fraction of sp³-hybridized carbons (Fsp3) is 0.125. The number of ether oxygens (including phenoxy) is 1. The van der Waals surface area contributed by atoms with Crippen LogP contribution in [-0.4, -0.2) is 23.1 Å². The highest BCUT2D eigenvalue weighted by Gasteiger charge is 2.28. The second-order valence-electron chi connectivity index (χ2n) is 4.94. The zero-order chi connectivity index (χ0) is 15.5. The summed E-state index contributed by atoms with van der Waals surface area (Å²) in [6.07, 6.45) is -0.155. The van der Waals surface area contributed by atoms with Crippen molar-refractivity contribution >= 4 is 17.5 Å². The fourth-order valence-electron chi connectivity index (χ4n) is 2.32. The van der Waals surface area contributed by atoms with Crippen LogP contribution in [0.25, 0.3) is 0 Å². The summed E-state index contributed by atoms with van der Waals surface area (Å²) in [6, 6.07) is 14.2. The molecule has 0 unspecified atom stereocenters. The first-order chi connectivity index (χ1) is 10.7. The van der Waals surface area contributed by atoms with Gasteiger partial charge in [0.15, 0.2) is 6.10 Å². The molecule has 0 fully saturated rings. The highest BCUT2D eigenvalue weighted by molar-refractivity contribution is 6.00. The molecule has 0 radical (unpaired) electrons. The van der Waals surface area contributed by atoms with Crippen molar-refractivity contribution in [1.82, 2.24) is 5.48 Å². The lowest BCUT2D eigenvalue weighted by Crippen LogP contribution is -2.38. The van der Waals surface area contributed by atoms with E-state index in [1.807, 2.05) is 30.3 Å². The Morgan fingerprint density at radius 3 is 2.73 bits per heavy atom. The molecule has 0 aromatic heterocycles. The highest BCUT2D eigenvalue weighted by Crippen LogP contribution is 2.31. The van der Waals surface area contributed by atoms with Gasteiger partial charge in [0.05, 0.1) is 5.69 Å². The SMILES string of the molecule is O=C(NO)c1ccc2c(c1)NC(=O)[C@H](Cc1ccccc1)O2. The first kappa shape index (κ1) is 14.1. The smallest absolute Gasteiger partial charge is 0.274 e. The molecule has 0 aliphatic carbocycles. The van der Waals surface area contributed by atoms with Crippen LogP contribution < -0.4 is 15.5 Å². The van der Waals surface area contributed by atoms with E-state index < -0.39 is 12.0 Å². The van der Waals surface area contributed by atoms with Gasteiger partial charge < -0.3 is 10.1 Å². The minimum absolute atomic E-state index is 0.228. The van der Waals surface area contributed by atoms with Crippen molar-refractivity contribution in [3.63, 3.8) is 0 Å². The molecular weight excluding hydrogens is 284 g/mol. The first-order valence-electron chi connectivity index (χ1n) is 6.77. The third-order valence-corrected chi connectivity index (χ3v) is 3.43. The predicted octanol–water partition coefficient (Wildman–Crippen LogP) is 1.75. The summed E-state index contributed by atoms with van der Waals surface area (Å²) in [7, 11) is 0. The van der Waals surface area contributed by atoms with Gasteiger partial charge in [-0.05, 0) is 23.8 Å². The van der Waals surface area contributed by atoms with Crippen molar-refractivity contribution in [2.45, 2.75) is 12.5 Å². The zero-order valence-corrected chi connectivity index (χ0v) is 11.6.